The van der Waals surface area contributed by atoms with Crippen molar-refractivity contribution in [2.45, 2.75) is 19.8 Å². The Balaban J connectivity index is 1.68. The van der Waals surface area contributed by atoms with Crippen LogP contribution in [-0.4, -0.2) is 44.7 Å². The third kappa shape index (κ3) is 4.56. The summed E-state index contributed by atoms with van der Waals surface area (Å²) >= 11 is 0. The maximum atomic E-state index is 12.4. The van der Waals surface area contributed by atoms with Gasteiger partial charge in [0.05, 0.1) is 11.4 Å². The SMILES string of the molecule is CCCCS(=O)(=O)N1CCN(c2ccccc2Oc2ccccc2)CC1. The summed E-state index contributed by atoms with van der Waals surface area (Å²) in [5.74, 6) is 1.83. The Morgan fingerprint density at radius 2 is 1.58 bits per heavy atom. The summed E-state index contributed by atoms with van der Waals surface area (Å²) in [4.78, 5) is 2.20. The van der Waals surface area contributed by atoms with Crippen molar-refractivity contribution in [3.8, 4) is 11.5 Å². The summed E-state index contributed by atoms with van der Waals surface area (Å²) in [7, 11) is -3.13. The molecule has 1 saturated heterocycles. The van der Waals surface area contributed by atoms with Crippen LogP contribution in [0.2, 0.25) is 0 Å². The lowest BCUT2D eigenvalue weighted by molar-refractivity contribution is 0.382. The molecule has 0 spiro atoms. The van der Waals surface area contributed by atoms with Gasteiger partial charge in [0, 0.05) is 26.2 Å². The van der Waals surface area contributed by atoms with Gasteiger partial charge in [-0.2, -0.15) is 4.31 Å². The number of rotatable bonds is 7. The summed E-state index contributed by atoms with van der Waals surface area (Å²) in [5.41, 5.74) is 1.00. The molecule has 0 amide bonds. The molecule has 1 heterocycles. The second kappa shape index (κ2) is 8.56. The quantitative estimate of drug-likeness (QED) is 0.741. The van der Waals surface area contributed by atoms with Gasteiger partial charge in [-0.15, -0.1) is 0 Å². The standard InChI is InChI=1S/C20H26N2O3S/c1-2-3-17-26(23,24)22-15-13-21(14-16-22)19-11-7-8-12-20(19)25-18-9-5-4-6-10-18/h4-12H,2-3,13-17H2,1H3. The Bertz CT molecular complexity index is 801. The summed E-state index contributed by atoms with van der Waals surface area (Å²) in [6.07, 6.45) is 1.61. The smallest absolute Gasteiger partial charge is 0.214 e. The third-order valence-corrected chi connectivity index (χ3v) is 6.52. The van der Waals surface area contributed by atoms with E-state index in [0.29, 0.717) is 26.2 Å². The lowest BCUT2D eigenvalue weighted by Gasteiger charge is -2.36. The van der Waals surface area contributed by atoms with E-state index in [9.17, 15) is 8.42 Å². The summed E-state index contributed by atoms with van der Waals surface area (Å²) in [6, 6.07) is 17.6. The van der Waals surface area contributed by atoms with Crippen molar-refractivity contribution in [2.75, 3.05) is 36.8 Å². The van der Waals surface area contributed by atoms with E-state index >= 15 is 0 Å². The second-order valence-electron chi connectivity index (χ2n) is 6.44. The van der Waals surface area contributed by atoms with Gasteiger partial charge in [-0.25, -0.2) is 8.42 Å². The first-order valence-corrected chi connectivity index (χ1v) is 10.8. The van der Waals surface area contributed by atoms with Crippen LogP contribution in [0.5, 0.6) is 11.5 Å². The zero-order valence-corrected chi connectivity index (χ0v) is 16.0. The lowest BCUT2D eigenvalue weighted by atomic mass is 10.2. The molecule has 0 N–H and O–H groups in total. The molecule has 26 heavy (non-hydrogen) atoms. The van der Waals surface area contributed by atoms with E-state index in [1.807, 2.05) is 61.5 Å². The van der Waals surface area contributed by atoms with Crippen LogP contribution in [0.15, 0.2) is 54.6 Å². The van der Waals surface area contributed by atoms with Crippen LogP contribution in [0.3, 0.4) is 0 Å². The first-order chi connectivity index (χ1) is 12.6. The summed E-state index contributed by atoms with van der Waals surface area (Å²) < 4.78 is 32.4. The highest BCUT2D eigenvalue weighted by Gasteiger charge is 2.27. The number of piperazine rings is 1. The Labute approximate surface area is 156 Å². The largest absolute Gasteiger partial charge is 0.455 e. The van der Waals surface area contributed by atoms with E-state index in [1.165, 1.54) is 0 Å². The predicted octanol–water partition coefficient (Wildman–Crippen LogP) is 3.73. The number of hydrogen-bond acceptors (Lipinski definition) is 4. The molecule has 3 rings (SSSR count). The first-order valence-electron chi connectivity index (χ1n) is 9.15. The minimum absolute atomic E-state index is 0.247. The van der Waals surface area contributed by atoms with Crippen LogP contribution in [0, 0.1) is 0 Å². The maximum Gasteiger partial charge on any atom is 0.214 e. The molecule has 0 saturated carbocycles. The van der Waals surface area contributed by atoms with Crippen molar-refractivity contribution in [1.82, 2.24) is 4.31 Å². The number of ether oxygens (including phenoxy) is 1. The van der Waals surface area contributed by atoms with Gasteiger partial charge in [-0.05, 0) is 30.7 Å². The van der Waals surface area contributed by atoms with E-state index in [2.05, 4.69) is 4.90 Å². The minimum Gasteiger partial charge on any atom is -0.455 e. The summed E-state index contributed by atoms with van der Waals surface area (Å²) in [6.45, 7) is 4.38. The molecule has 140 valence electrons. The topological polar surface area (TPSA) is 49.9 Å². The van der Waals surface area contributed by atoms with Crippen molar-refractivity contribution < 1.29 is 13.2 Å². The average molecular weight is 375 g/mol. The van der Waals surface area contributed by atoms with E-state index < -0.39 is 10.0 Å². The van der Waals surface area contributed by atoms with Crippen molar-refractivity contribution >= 4 is 15.7 Å². The zero-order valence-electron chi connectivity index (χ0n) is 15.2. The number of hydrogen-bond donors (Lipinski definition) is 0. The molecule has 0 aromatic heterocycles. The van der Waals surface area contributed by atoms with Crippen molar-refractivity contribution in [1.29, 1.82) is 0 Å². The molecule has 5 nitrogen and oxygen atoms in total. The molecule has 2 aromatic rings. The molecule has 1 aliphatic heterocycles. The highest BCUT2D eigenvalue weighted by atomic mass is 32.2. The minimum atomic E-state index is -3.13. The van der Waals surface area contributed by atoms with Crippen LogP contribution in [0.25, 0.3) is 0 Å². The van der Waals surface area contributed by atoms with Crippen LogP contribution < -0.4 is 9.64 Å². The van der Waals surface area contributed by atoms with Crippen LogP contribution >= 0.6 is 0 Å². The first kappa shape index (κ1) is 18.7. The fourth-order valence-corrected chi connectivity index (χ4v) is 4.71. The number of sulfonamides is 1. The number of unbranched alkanes of at least 4 members (excludes halogenated alkanes) is 1. The molecule has 0 radical (unpaired) electrons. The van der Waals surface area contributed by atoms with Gasteiger partial charge >= 0.3 is 0 Å². The van der Waals surface area contributed by atoms with E-state index in [-0.39, 0.29) is 5.75 Å². The molecule has 0 unspecified atom stereocenters. The van der Waals surface area contributed by atoms with Gasteiger partial charge in [0.1, 0.15) is 5.75 Å². The van der Waals surface area contributed by atoms with Crippen molar-refractivity contribution in [3.05, 3.63) is 54.6 Å². The number of nitrogens with zero attached hydrogens (tertiary/aromatic N) is 2. The van der Waals surface area contributed by atoms with E-state index in [4.69, 9.17) is 4.74 Å². The van der Waals surface area contributed by atoms with Crippen molar-refractivity contribution in [2.24, 2.45) is 0 Å². The molecule has 0 bridgehead atoms. The number of para-hydroxylation sites is 3. The van der Waals surface area contributed by atoms with Gasteiger partial charge < -0.3 is 9.64 Å². The maximum absolute atomic E-state index is 12.4. The Hall–Kier alpha value is -2.05. The van der Waals surface area contributed by atoms with Crippen molar-refractivity contribution in [3.63, 3.8) is 0 Å². The number of anilines is 1. The third-order valence-electron chi connectivity index (χ3n) is 4.56. The molecule has 0 aliphatic carbocycles. The van der Waals surface area contributed by atoms with Gasteiger partial charge in [-0.3, -0.25) is 0 Å². The Kier molecular flexibility index (Phi) is 6.16. The molecular weight excluding hydrogens is 348 g/mol. The molecule has 2 aromatic carbocycles. The average Bonchev–Trinajstić information content (AvgIpc) is 2.68. The Morgan fingerprint density at radius 3 is 2.27 bits per heavy atom. The van der Waals surface area contributed by atoms with Gasteiger partial charge in [0.2, 0.25) is 10.0 Å². The Morgan fingerprint density at radius 1 is 0.923 bits per heavy atom. The number of benzene rings is 2. The summed E-state index contributed by atoms with van der Waals surface area (Å²) in [5, 5.41) is 0. The van der Waals surface area contributed by atoms with E-state index in [1.54, 1.807) is 4.31 Å². The fraction of sp³-hybridized carbons (Fsp3) is 0.400. The van der Waals surface area contributed by atoms with E-state index in [0.717, 1.165) is 30.0 Å². The van der Waals surface area contributed by atoms with Crippen LogP contribution in [-0.2, 0) is 10.0 Å². The highest BCUT2D eigenvalue weighted by Crippen LogP contribution is 2.32. The predicted molar refractivity (Wildman–Crippen MR) is 105 cm³/mol. The normalized spacial score (nSPS) is 15.8. The van der Waals surface area contributed by atoms with Gasteiger partial charge in [0.25, 0.3) is 0 Å². The molecule has 1 fully saturated rings. The monoisotopic (exact) mass is 374 g/mol. The molecular formula is C20H26N2O3S. The molecule has 0 atom stereocenters. The van der Waals surface area contributed by atoms with Crippen LogP contribution in [0.1, 0.15) is 19.8 Å². The fourth-order valence-electron chi connectivity index (χ4n) is 3.08. The highest BCUT2D eigenvalue weighted by molar-refractivity contribution is 7.89. The second-order valence-corrected chi connectivity index (χ2v) is 8.53. The molecule has 6 heteroatoms. The van der Waals surface area contributed by atoms with Gasteiger partial charge in [0.15, 0.2) is 5.75 Å². The lowest BCUT2D eigenvalue weighted by Crippen LogP contribution is -2.49. The van der Waals surface area contributed by atoms with Crippen LogP contribution in [0.4, 0.5) is 5.69 Å². The van der Waals surface area contributed by atoms with Gasteiger partial charge in [-0.1, -0.05) is 43.7 Å². The zero-order chi connectivity index (χ0) is 18.4. The molecule has 1 aliphatic rings.